The molecule has 57 heavy (non-hydrogen) atoms. The predicted molar refractivity (Wildman–Crippen MR) is 215 cm³/mol. The monoisotopic (exact) mass is 776 g/mol. The molecule has 0 bridgehead atoms. The lowest BCUT2D eigenvalue weighted by molar-refractivity contribution is -0.139. The van der Waals surface area contributed by atoms with E-state index in [-0.39, 0.29) is 19.0 Å². The number of aromatic nitrogens is 4. The highest BCUT2D eigenvalue weighted by molar-refractivity contribution is 6.07. The molecule has 0 aliphatic rings. The summed E-state index contributed by atoms with van der Waals surface area (Å²) in [6.45, 7) is 3.84. The zero-order valence-electron chi connectivity index (χ0n) is 31.6. The highest BCUT2D eigenvalue weighted by Crippen LogP contribution is 2.33. The van der Waals surface area contributed by atoms with Gasteiger partial charge >= 0.3 is 6.18 Å². The summed E-state index contributed by atoms with van der Waals surface area (Å²) in [5.74, 6) is 0.564. The van der Waals surface area contributed by atoms with E-state index in [4.69, 9.17) is 9.97 Å². The molecular weight excluding hydrogens is 734 g/mol. The van der Waals surface area contributed by atoms with Crippen LogP contribution in [0.3, 0.4) is 0 Å². The number of nitrogens with zero attached hydrogens (tertiary/aromatic N) is 4. The molecule has 7 rings (SSSR count). The van der Waals surface area contributed by atoms with Gasteiger partial charge in [0.25, 0.3) is 0 Å². The van der Waals surface area contributed by atoms with Crippen LogP contribution in [-0.4, -0.2) is 80.3 Å². The normalized spacial score (nSPS) is 12.4. The minimum absolute atomic E-state index is 0.0644. The number of amides is 3. The molecule has 0 saturated carbocycles. The molecular formula is C43H43F3N8O3. The Balaban J connectivity index is 1.13. The average molecular weight is 777 g/mol. The summed E-state index contributed by atoms with van der Waals surface area (Å²) in [7, 11) is 0. The maximum absolute atomic E-state index is 13.8. The molecule has 5 aromatic carbocycles. The van der Waals surface area contributed by atoms with Gasteiger partial charge in [-0.1, -0.05) is 80.6 Å². The minimum atomic E-state index is -4.48. The van der Waals surface area contributed by atoms with Gasteiger partial charge in [0.05, 0.1) is 48.2 Å². The first-order valence-electron chi connectivity index (χ1n) is 19.0. The van der Waals surface area contributed by atoms with Crippen molar-refractivity contribution in [3.05, 3.63) is 108 Å². The van der Waals surface area contributed by atoms with E-state index in [0.29, 0.717) is 49.7 Å². The van der Waals surface area contributed by atoms with Gasteiger partial charge in [0.1, 0.15) is 17.7 Å². The lowest BCUT2D eigenvalue weighted by atomic mass is 9.98. The number of rotatable bonds is 16. The summed E-state index contributed by atoms with van der Waals surface area (Å²) in [5, 5.41) is 8.76. The van der Waals surface area contributed by atoms with Crippen LogP contribution in [0, 0.1) is 0 Å². The number of carbonyl (C=O) groups excluding carboxylic acids is 3. The van der Waals surface area contributed by atoms with Crippen LogP contribution in [0.15, 0.2) is 91.0 Å². The molecule has 0 radical (unpaired) electrons. The van der Waals surface area contributed by atoms with Gasteiger partial charge in [-0.3, -0.25) is 19.7 Å². The molecule has 0 aliphatic heterocycles. The second-order valence-electron chi connectivity index (χ2n) is 14.1. The Bertz CT molecular complexity index is 2550. The number of hydrogen-bond donors (Lipinski definition) is 4. The van der Waals surface area contributed by atoms with Gasteiger partial charge < -0.3 is 25.1 Å². The Morgan fingerprint density at radius 2 is 1.30 bits per heavy atom. The fraction of sp³-hybridized carbons (Fsp3) is 0.279. The SMILES string of the molecule is CCCN(Cc1nc2c(ccc3cc(-c4ccc5c(ccc6[nH]c(CN(CCC)C(=O)[C@H](NCC(F)(F)F)c7ccccc7)nc65)c4)ccc32)[nH]1)C(=O)CNC=O. The maximum atomic E-state index is 13.8. The van der Waals surface area contributed by atoms with E-state index < -0.39 is 24.7 Å². The molecule has 3 amide bonds. The second-order valence-corrected chi connectivity index (χ2v) is 14.1. The van der Waals surface area contributed by atoms with Crippen LogP contribution in [0.4, 0.5) is 13.2 Å². The number of carbonyl (C=O) groups is 3. The van der Waals surface area contributed by atoms with Crippen molar-refractivity contribution in [3.8, 4) is 11.1 Å². The molecule has 0 saturated heterocycles. The Labute approximate surface area is 326 Å². The molecule has 294 valence electrons. The van der Waals surface area contributed by atoms with E-state index in [1.807, 2.05) is 50.2 Å². The van der Waals surface area contributed by atoms with E-state index in [2.05, 4.69) is 44.9 Å². The van der Waals surface area contributed by atoms with Crippen molar-refractivity contribution in [2.24, 2.45) is 0 Å². The van der Waals surface area contributed by atoms with Crippen molar-refractivity contribution in [2.75, 3.05) is 26.2 Å². The first-order chi connectivity index (χ1) is 27.5. The summed E-state index contributed by atoms with van der Waals surface area (Å²) in [4.78, 5) is 56.9. The number of nitrogens with one attached hydrogen (secondary N) is 4. The summed E-state index contributed by atoms with van der Waals surface area (Å²) >= 11 is 0. The standard InChI is InChI=1S/C43H43F3N8O3/c1-3-18-53(38(56)22-47-26-55)23-36-49-34-16-12-30-20-28(10-14-32(30)40(34)51-36)29-11-15-33-31(21-29)13-17-35-41(33)52-37(50-35)24-54(19-4-2)42(57)39(48-25-43(44,45)46)27-8-6-5-7-9-27/h5-17,20-21,26,39,48H,3-4,18-19,22-25H2,1-2H3,(H,47,55)(H,49,51)(H,50,52)/t39-/m1/s1. The lowest BCUT2D eigenvalue weighted by Gasteiger charge is -2.28. The topological polar surface area (TPSA) is 139 Å². The molecule has 0 unspecified atom stereocenters. The summed E-state index contributed by atoms with van der Waals surface area (Å²) in [6.07, 6.45) is -2.58. The third-order valence-electron chi connectivity index (χ3n) is 9.92. The summed E-state index contributed by atoms with van der Waals surface area (Å²) < 4.78 is 39.7. The van der Waals surface area contributed by atoms with E-state index in [9.17, 15) is 27.6 Å². The molecule has 2 aromatic heterocycles. The van der Waals surface area contributed by atoms with Crippen LogP contribution in [-0.2, 0) is 27.5 Å². The summed E-state index contributed by atoms with van der Waals surface area (Å²) in [5.41, 5.74) is 5.69. The molecule has 2 heterocycles. The highest BCUT2D eigenvalue weighted by atomic mass is 19.4. The minimum Gasteiger partial charge on any atom is -0.350 e. The number of hydrogen-bond acceptors (Lipinski definition) is 6. The molecule has 7 aromatic rings. The predicted octanol–water partition coefficient (Wildman–Crippen LogP) is 7.53. The van der Waals surface area contributed by atoms with Gasteiger partial charge in [-0.15, -0.1) is 0 Å². The lowest BCUT2D eigenvalue weighted by Crippen LogP contribution is -2.43. The number of imidazole rings is 2. The Kier molecular flexibility index (Phi) is 11.5. The molecule has 0 spiro atoms. The number of alkyl halides is 3. The third-order valence-corrected chi connectivity index (χ3v) is 9.92. The zero-order valence-corrected chi connectivity index (χ0v) is 31.6. The molecule has 0 aliphatic carbocycles. The van der Waals surface area contributed by atoms with Crippen molar-refractivity contribution < 1.29 is 27.6 Å². The van der Waals surface area contributed by atoms with Gasteiger partial charge in [-0.05, 0) is 64.6 Å². The number of fused-ring (bicyclic) bond motifs is 6. The van der Waals surface area contributed by atoms with Crippen molar-refractivity contribution in [1.29, 1.82) is 0 Å². The second kappa shape index (κ2) is 16.8. The average Bonchev–Trinajstić information content (AvgIpc) is 3.83. The van der Waals surface area contributed by atoms with Crippen LogP contribution in [0.1, 0.15) is 49.9 Å². The van der Waals surface area contributed by atoms with Crippen LogP contribution < -0.4 is 10.6 Å². The maximum Gasteiger partial charge on any atom is 0.401 e. The van der Waals surface area contributed by atoms with E-state index in [0.717, 1.165) is 61.2 Å². The van der Waals surface area contributed by atoms with Gasteiger partial charge in [-0.25, -0.2) is 9.97 Å². The van der Waals surface area contributed by atoms with Gasteiger partial charge in [0.15, 0.2) is 0 Å². The fourth-order valence-electron chi connectivity index (χ4n) is 7.31. The molecule has 0 fully saturated rings. The largest absolute Gasteiger partial charge is 0.401 e. The first kappa shape index (κ1) is 39.0. The third kappa shape index (κ3) is 8.76. The Hall–Kier alpha value is -6.28. The smallest absolute Gasteiger partial charge is 0.350 e. The molecule has 11 nitrogen and oxygen atoms in total. The molecule has 1 atom stereocenters. The number of aromatic amines is 2. The van der Waals surface area contributed by atoms with Crippen molar-refractivity contribution in [3.63, 3.8) is 0 Å². The van der Waals surface area contributed by atoms with Crippen molar-refractivity contribution >= 4 is 61.8 Å². The van der Waals surface area contributed by atoms with Crippen molar-refractivity contribution in [1.82, 2.24) is 40.4 Å². The van der Waals surface area contributed by atoms with Crippen LogP contribution >= 0.6 is 0 Å². The highest BCUT2D eigenvalue weighted by Gasteiger charge is 2.33. The quantitative estimate of drug-likeness (QED) is 0.0749. The van der Waals surface area contributed by atoms with Gasteiger partial charge in [0, 0.05) is 23.9 Å². The number of H-pyrrole nitrogens is 2. The van der Waals surface area contributed by atoms with E-state index >= 15 is 0 Å². The van der Waals surface area contributed by atoms with Crippen LogP contribution in [0.5, 0.6) is 0 Å². The van der Waals surface area contributed by atoms with Gasteiger partial charge in [0.2, 0.25) is 18.2 Å². The van der Waals surface area contributed by atoms with E-state index in [1.165, 1.54) is 0 Å². The Morgan fingerprint density at radius 1 is 0.754 bits per heavy atom. The Morgan fingerprint density at radius 3 is 1.82 bits per heavy atom. The summed E-state index contributed by atoms with van der Waals surface area (Å²) in [6, 6.07) is 27.7. The molecule has 14 heteroatoms. The fourth-order valence-corrected chi connectivity index (χ4v) is 7.31. The van der Waals surface area contributed by atoms with Crippen LogP contribution in [0.25, 0.3) is 54.7 Å². The first-order valence-corrected chi connectivity index (χ1v) is 19.0. The zero-order chi connectivity index (χ0) is 40.1. The molecule has 4 N–H and O–H groups in total. The van der Waals surface area contributed by atoms with E-state index in [1.54, 1.807) is 40.1 Å². The number of halogens is 3. The van der Waals surface area contributed by atoms with Gasteiger partial charge in [-0.2, -0.15) is 13.2 Å². The van der Waals surface area contributed by atoms with Crippen LogP contribution in [0.2, 0.25) is 0 Å². The van der Waals surface area contributed by atoms with Crippen molar-refractivity contribution in [2.45, 2.75) is 52.0 Å². The number of benzene rings is 5.